The first-order chi connectivity index (χ1) is 12.2. The van der Waals surface area contributed by atoms with E-state index < -0.39 is 0 Å². The molecule has 3 aromatic rings. The van der Waals surface area contributed by atoms with Gasteiger partial charge in [0.15, 0.2) is 14.7 Å². The van der Waals surface area contributed by atoms with Gasteiger partial charge in [-0.25, -0.2) is 0 Å². The number of ether oxygens (including phenoxy) is 3. The van der Waals surface area contributed by atoms with E-state index in [4.69, 9.17) is 14.2 Å². The molecule has 3 rings (SSSR count). The first-order valence-electron chi connectivity index (χ1n) is 7.91. The Morgan fingerprint density at radius 2 is 0.692 bits per heavy atom. The van der Waals surface area contributed by atoms with Crippen LogP contribution in [-0.2, 0) is 10.9 Å². The van der Waals surface area contributed by atoms with Crippen LogP contribution in [0.2, 0.25) is 0 Å². The second-order valence-corrected chi connectivity index (χ2v) is 7.36. The van der Waals surface area contributed by atoms with E-state index in [1.54, 1.807) is 21.3 Å². The molecule has 0 amide bonds. The Bertz CT molecular complexity index is 689. The topological polar surface area (TPSA) is 27.7 Å². The van der Waals surface area contributed by atoms with Crippen LogP contribution in [0, 0.1) is 0 Å². The summed E-state index contributed by atoms with van der Waals surface area (Å²) in [5.41, 5.74) is 0. The molecule has 0 fully saturated rings. The Labute approximate surface area is 169 Å². The molecule has 0 bridgehead atoms. The predicted octanol–water partition coefficient (Wildman–Crippen LogP) is 3.62. The third-order valence-electron chi connectivity index (χ3n) is 3.89. The van der Waals surface area contributed by atoms with Gasteiger partial charge in [0, 0.05) is 0 Å². The van der Waals surface area contributed by atoms with Crippen molar-refractivity contribution in [3.05, 3.63) is 72.8 Å². The molecule has 0 saturated heterocycles. The van der Waals surface area contributed by atoms with Crippen molar-refractivity contribution in [2.45, 2.75) is 14.7 Å². The number of hydrogen-bond acceptors (Lipinski definition) is 3. The molecule has 3 nitrogen and oxygen atoms in total. The van der Waals surface area contributed by atoms with E-state index in [2.05, 4.69) is 36.4 Å². The quantitative estimate of drug-likeness (QED) is 0.441. The number of hydrogen-bond donors (Lipinski definition) is 0. The number of benzene rings is 3. The molecule has 136 valence electrons. The fourth-order valence-corrected chi connectivity index (χ4v) is 4.58. The summed E-state index contributed by atoms with van der Waals surface area (Å²) in [7, 11) is 4.83. The van der Waals surface area contributed by atoms with E-state index >= 15 is 0 Å². The van der Waals surface area contributed by atoms with Crippen LogP contribution in [0.1, 0.15) is 0 Å². The Balaban J connectivity index is 0.00000243. The molecule has 0 heterocycles. The first-order valence-corrected chi connectivity index (χ1v) is 9.14. The molecule has 0 aromatic heterocycles. The summed E-state index contributed by atoms with van der Waals surface area (Å²) in [5, 5.41) is 0. The Hall–Kier alpha value is -2.03. The van der Waals surface area contributed by atoms with Gasteiger partial charge in [0.1, 0.15) is 17.2 Å². The summed E-state index contributed by atoms with van der Waals surface area (Å²) in [6.07, 6.45) is 0. The molecular formula is C21H24AsO3S+. The molecule has 0 N–H and O–H groups in total. The average molecular weight is 431 g/mol. The van der Waals surface area contributed by atoms with Gasteiger partial charge < -0.3 is 14.2 Å². The molecule has 1 atom stereocenters. The van der Waals surface area contributed by atoms with Crippen LogP contribution in [0.25, 0.3) is 0 Å². The Morgan fingerprint density at radius 1 is 0.462 bits per heavy atom. The minimum atomic E-state index is -0.212. The van der Waals surface area contributed by atoms with Crippen LogP contribution in [0.3, 0.4) is 0 Å². The molecule has 5 heteroatoms. The maximum absolute atomic E-state index is 5.29. The SMILES string of the molecule is COc1ccc([S+](c2ccc(OC)cc2)c2ccc(OC)cc2)cc1.[AsH3]. The van der Waals surface area contributed by atoms with Gasteiger partial charge >= 0.3 is 18.0 Å². The molecule has 0 aliphatic rings. The van der Waals surface area contributed by atoms with Crippen molar-refractivity contribution < 1.29 is 14.2 Å². The third-order valence-corrected chi connectivity index (χ3v) is 6.12. The van der Waals surface area contributed by atoms with Gasteiger partial charge in [-0.2, -0.15) is 0 Å². The second kappa shape index (κ2) is 9.61. The fraction of sp³-hybridized carbons (Fsp3) is 0.143. The molecule has 0 spiro atoms. The summed E-state index contributed by atoms with van der Waals surface area (Å²) in [6, 6.07) is 24.7. The molecule has 26 heavy (non-hydrogen) atoms. The maximum atomic E-state index is 5.29. The third kappa shape index (κ3) is 4.57. The Morgan fingerprint density at radius 3 is 0.885 bits per heavy atom. The summed E-state index contributed by atoms with van der Waals surface area (Å²) in [4.78, 5) is 3.70. The summed E-state index contributed by atoms with van der Waals surface area (Å²) >= 11 is 0. The monoisotopic (exact) mass is 431 g/mol. The van der Waals surface area contributed by atoms with Crippen molar-refractivity contribution >= 4 is 28.8 Å². The summed E-state index contributed by atoms with van der Waals surface area (Å²) in [5.74, 6) is 2.57. The van der Waals surface area contributed by atoms with Gasteiger partial charge in [0.2, 0.25) is 0 Å². The molecule has 0 aliphatic heterocycles. The van der Waals surface area contributed by atoms with Gasteiger partial charge in [-0.1, -0.05) is 0 Å². The average Bonchev–Trinajstić information content (AvgIpc) is 2.70. The van der Waals surface area contributed by atoms with E-state index in [0.29, 0.717) is 0 Å². The standard InChI is InChI=1S/C21H21O3S.AsH3/c1-22-16-4-10-19(11-5-16)25(20-12-6-17(23-2)7-13-20)21-14-8-18(24-3)9-15-21;/h4-15H,1-3H3;1H3/q+1;. The molecule has 1 unspecified atom stereocenters. The van der Waals surface area contributed by atoms with Crippen LogP contribution in [-0.4, -0.2) is 39.3 Å². The summed E-state index contributed by atoms with van der Waals surface area (Å²) < 4.78 is 15.9. The van der Waals surface area contributed by atoms with Crippen LogP contribution in [0.4, 0.5) is 0 Å². The van der Waals surface area contributed by atoms with Crippen molar-refractivity contribution in [1.29, 1.82) is 0 Å². The van der Waals surface area contributed by atoms with Crippen LogP contribution in [0.5, 0.6) is 17.2 Å². The zero-order chi connectivity index (χ0) is 17.6. The Kier molecular flexibility index (Phi) is 7.49. The van der Waals surface area contributed by atoms with Gasteiger partial charge in [0.05, 0.1) is 32.2 Å². The van der Waals surface area contributed by atoms with Crippen molar-refractivity contribution in [2.24, 2.45) is 0 Å². The van der Waals surface area contributed by atoms with E-state index in [0.717, 1.165) is 17.2 Å². The first kappa shape index (κ1) is 20.3. The zero-order valence-electron chi connectivity index (χ0n) is 15.3. The van der Waals surface area contributed by atoms with Crippen LogP contribution < -0.4 is 14.2 Å². The number of rotatable bonds is 6. The zero-order valence-corrected chi connectivity index (χ0v) is 19.1. The van der Waals surface area contributed by atoms with Crippen LogP contribution >= 0.6 is 0 Å². The van der Waals surface area contributed by atoms with E-state index in [1.165, 1.54) is 14.7 Å². The van der Waals surface area contributed by atoms with Gasteiger partial charge in [-0.3, -0.25) is 0 Å². The minimum absolute atomic E-state index is 0. The van der Waals surface area contributed by atoms with Gasteiger partial charge in [-0.05, 0) is 72.8 Å². The van der Waals surface area contributed by atoms with Gasteiger partial charge in [0.25, 0.3) is 0 Å². The molecule has 0 radical (unpaired) electrons. The predicted molar refractivity (Wildman–Crippen MR) is 111 cm³/mol. The molecule has 3 aromatic carbocycles. The van der Waals surface area contributed by atoms with Crippen LogP contribution in [0.15, 0.2) is 87.5 Å². The van der Waals surface area contributed by atoms with Crippen molar-refractivity contribution in [2.75, 3.05) is 21.3 Å². The molecule has 0 saturated carbocycles. The second-order valence-electron chi connectivity index (χ2n) is 5.33. The molecule has 0 aliphatic carbocycles. The summed E-state index contributed by atoms with van der Waals surface area (Å²) in [6.45, 7) is 0. The van der Waals surface area contributed by atoms with E-state index in [1.807, 2.05) is 36.4 Å². The van der Waals surface area contributed by atoms with E-state index in [9.17, 15) is 0 Å². The molecular weight excluding hydrogens is 407 g/mol. The normalized spacial score (nSPS) is 10.2. The van der Waals surface area contributed by atoms with Crippen molar-refractivity contribution in [1.82, 2.24) is 0 Å². The van der Waals surface area contributed by atoms with Crippen molar-refractivity contribution in [3.63, 3.8) is 0 Å². The van der Waals surface area contributed by atoms with Gasteiger partial charge in [-0.15, -0.1) is 0 Å². The fourth-order valence-electron chi connectivity index (χ4n) is 2.54. The van der Waals surface area contributed by atoms with E-state index in [-0.39, 0.29) is 28.8 Å². The number of methoxy groups -OCH3 is 3. The van der Waals surface area contributed by atoms with Crippen molar-refractivity contribution in [3.8, 4) is 17.2 Å².